The van der Waals surface area contributed by atoms with Crippen molar-refractivity contribution >= 4 is 23.8 Å². The van der Waals surface area contributed by atoms with Crippen LogP contribution in [0, 0.1) is 0 Å². The molecule has 10 nitrogen and oxygen atoms in total. The van der Waals surface area contributed by atoms with E-state index in [2.05, 4.69) is 25.8 Å². The highest BCUT2D eigenvalue weighted by atomic mass is 16.6. The Kier molecular flexibility index (Phi) is 8.95. The van der Waals surface area contributed by atoms with Crippen LogP contribution in [0.15, 0.2) is 24.4 Å². The number of hydrogen-bond acceptors (Lipinski definition) is 6. The molecule has 2 saturated heterocycles. The standard InChI is InChI=1S/C24H38N6O4/c1-24(2,3)34-23(33)26-13-10-21(31)27-16-19-8-5-7-14-30(19)22(32)28-18-11-15-29(17-18)20-9-4-6-12-25-20/h4,6,9,12,18-19H,5,7-8,10-11,13-17H2,1-3H3,(H,26,33)(H,27,31)(H,28,32). The van der Waals surface area contributed by atoms with Crippen LogP contribution in [0.25, 0.3) is 0 Å². The highest BCUT2D eigenvalue weighted by Crippen LogP contribution is 2.20. The van der Waals surface area contributed by atoms with Crippen molar-refractivity contribution in [2.24, 2.45) is 0 Å². The lowest BCUT2D eigenvalue weighted by Gasteiger charge is -2.36. The molecule has 4 amide bonds. The van der Waals surface area contributed by atoms with Gasteiger partial charge in [0.25, 0.3) is 0 Å². The third kappa shape index (κ3) is 8.07. The van der Waals surface area contributed by atoms with Gasteiger partial charge in [0.2, 0.25) is 5.91 Å². The Morgan fingerprint density at radius 2 is 1.94 bits per heavy atom. The average molecular weight is 475 g/mol. The lowest BCUT2D eigenvalue weighted by Crippen LogP contribution is -2.54. The van der Waals surface area contributed by atoms with Crippen LogP contribution in [0.4, 0.5) is 15.4 Å². The largest absolute Gasteiger partial charge is 0.444 e. The summed E-state index contributed by atoms with van der Waals surface area (Å²) in [6.45, 7) is 8.25. The van der Waals surface area contributed by atoms with Crippen molar-refractivity contribution in [2.75, 3.05) is 37.6 Å². The number of nitrogens with one attached hydrogen (secondary N) is 3. The summed E-state index contributed by atoms with van der Waals surface area (Å²) in [6.07, 6.45) is 5.12. The molecule has 3 N–H and O–H groups in total. The van der Waals surface area contributed by atoms with Gasteiger partial charge in [0.15, 0.2) is 0 Å². The second-order valence-corrected chi connectivity index (χ2v) is 9.89. The number of nitrogens with zero attached hydrogens (tertiary/aromatic N) is 3. The molecule has 0 saturated carbocycles. The lowest BCUT2D eigenvalue weighted by molar-refractivity contribution is -0.121. The van der Waals surface area contributed by atoms with Crippen molar-refractivity contribution in [1.29, 1.82) is 0 Å². The molecule has 1 aromatic heterocycles. The van der Waals surface area contributed by atoms with Gasteiger partial charge in [-0.15, -0.1) is 0 Å². The van der Waals surface area contributed by atoms with Gasteiger partial charge >= 0.3 is 12.1 Å². The lowest BCUT2D eigenvalue weighted by atomic mass is 10.0. The van der Waals surface area contributed by atoms with E-state index in [1.54, 1.807) is 27.0 Å². The third-order valence-corrected chi connectivity index (χ3v) is 5.93. The fraction of sp³-hybridized carbons (Fsp3) is 0.667. The van der Waals surface area contributed by atoms with Crippen LogP contribution in [0.1, 0.15) is 52.9 Å². The van der Waals surface area contributed by atoms with Gasteiger partial charge in [-0.25, -0.2) is 14.6 Å². The number of rotatable bonds is 7. The Bertz CT molecular complexity index is 829. The zero-order valence-corrected chi connectivity index (χ0v) is 20.5. The molecule has 34 heavy (non-hydrogen) atoms. The minimum Gasteiger partial charge on any atom is -0.444 e. The van der Waals surface area contributed by atoms with Gasteiger partial charge in [0, 0.05) is 51.4 Å². The molecule has 2 unspecified atom stereocenters. The molecule has 1 aromatic rings. The molecule has 2 aliphatic heterocycles. The number of aromatic nitrogens is 1. The molecule has 0 bridgehead atoms. The van der Waals surface area contributed by atoms with Crippen molar-refractivity contribution < 1.29 is 19.1 Å². The Hall–Kier alpha value is -3.04. The first-order chi connectivity index (χ1) is 16.2. The van der Waals surface area contributed by atoms with Gasteiger partial charge in [-0.2, -0.15) is 0 Å². The molecule has 188 valence electrons. The molecular formula is C24H38N6O4. The van der Waals surface area contributed by atoms with E-state index in [0.29, 0.717) is 13.1 Å². The van der Waals surface area contributed by atoms with Crippen LogP contribution in [0.3, 0.4) is 0 Å². The van der Waals surface area contributed by atoms with Crippen molar-refractivity contribution in [3.8, 4) is 0 Å². The Morgan fingerprint density at radius 3 is 2.68 bits per heavy atom. The van der Waals surface area contributed by atoms with Crippen molar-refractivity contribution in [3.05, 3.63) is 24.4 Å². The van der Waals surface area contributed by atoms with Crippen molar-refractivity contribution in [2.45, 2.75) is 70.6 Å². The summed E-state index contributed by atoms with van der Waals surface area (Å²) >= 11 is 0. The van der Waals surface area contributed by atoms with Gasteiger partial charge in [0.1, 0.15) is 11.4 Å². The summed E-state index contributed by atoms with van der Waals surface area (Å²) in [5, 5.41) is 8.67. The molecule has 2 aliphatic rings. The van der Waals surface area contributed by atoms with Crippen LogP contribution in [0.2, 0.25) is 0 Å². The van der Waals surface area contributed by atoms with Gasteiger partial charge in [-0.3, -0.25) is 4.79 Å². The molecule has 3 rings (SSSR count). The number of carbonyl (C=O) groups excluding carboxylic acids is 3. The van der Waals surface area contributed by atoms with E-state index in [4.69, 9.17) is 4.74 Å². The number of likely N-dealkylation sites (tertiary alicyclic amines) is 1. The monoisotopic (exact) mass is 474 g/mol. The highest BCUT2D eigenvalue weighted by Gasteiger charge is 2.31. The van der Waals surface area contributed by atoms with Gasteiger partial charge in [0.05, 0.1) is 6.04 Å². The molecule has 0 aromatic carbocycles. The van der Waals surface area contributed by atoms with Gasteiger partial charge < -0.3 is 30.5 Å². The Labute approximate surface area is 201 Å². The number of amides is 4. The van der Waals surface area contributed by atoms with Gasteiger partial charge in [-0.05, 0) is 58.6 Å². The van der Waals surface area contributed by atoms with Crippen LogP contribution >= 0.6 is 0 Å². The highest BCUT2D eigenvalue weighted by molar-refractivity contribution is 5.78. The number of pyridine rings is 1. The zero-order valence-electron chi connectivity index (χ0n) is 20.5. The quantitative estimate of drug-likeness (QED) is 0.558. The maximum Gasteiger partial charge on any atom is 0.407 e. The van der Waals surface area contributed by atoms with Crippen LogP contribution in [0.5, 0.6) is 0 Å². The predicted octanol–water partition coefficient (Wildman–Crippen LogP) is 2.26. The molecule has 10 heteroatoms. The Morgan fingerprint density at radius 1 is 1.12 bits per heavy atom. The first-order valence-corrected chi connectivity index (χ1v) is 12.2. The first-order valence-electron chi connectivity index (χ1n) is 12.2. The van der Waals surface area contributed by atoms with E-state index in [1.807, 2.05) is 23.1 Å². The summed E-state index contributed by atoms with van der Waals surface area (Å²) in [5.41, 5.74) is -0.577. The summed E-state index contributed by atoms with van der Waals surface area (Å²) in [4.78, 5) is 45.4. The molecule has 2 fully saturated rings. The fourth-order valence-electron chi connectivity index (χ4n) is 4.28. The molecule has 2 atom stereocenters. The van der Waals surface area contributed by atoms with E-state index in [-0.39, 0.29) is 37.0 Å². The maximum atomic E-state index is 13.0. The van der Waals surface area contributed by atoms with Gasteiger partial charge in [-0.1, -0.05) is 6.07 Å². The summed E-state index contributed by atoms with van der Waals surface area (Å²) in [6, 6.07) is 5.81. The summed E-state index contributed by atoms with van der Waals surface area (Å²) < 4.78 is 5.16. The van der Waals surface area contributed by atoms with E-state index in [1.165, 1.54) is 0 Å². The number of piperidine rings is 1. The van der Waals surface area contributed by atoms with Crippen LogP contribution in [-0.2, 0) is 9.53 Å². The number of ether oxygens (including phenoxy) is 1. The number of alkyl carbamates (subject to hydrolysis) is 1. The number of hydrogen-bond donors (Lipinski definition) is 3. The maximum absolute atomic E-state index is 13.0. The second kappa shape index (κ2) is 11.9. The van der Waals surface area contributed by atoms with Crippen LogP contribution in [-0.4, -0.2) is 78.3 Å². The number of carbonyl (C=O) groups is 3. The van der Waals surface area contributed by atoms with Crippen molar-refractivity contribution in [3.63, 3.8) is 0 Å². The second-order valence-electron chi connectivity index (χ2n) is 9.89. The minimum atomic E-state index is -0.577. The normalized spacial score (nSPS) is 20.6. The molecule has 0 spiro atoms. The molecule has 0 aliphatic carbocycles. The molecule has 3 heterocycles. The fourth-order valence-corrected chi connectivity index (χ4v) is 4.28. The summed E-state index contributed by atoms with van der Waals surface area (Å²) in [5.74, 6) is 0.766. The number of urea groups is 1. The van der Waals surface area contributed by atoms with Crippen molar-refractivity contribution in [1.82, 2.24) is 25.8 Å². The minimum absolute atomic E-state index is 0.0372. The first kappa shape index (κ1) is 25.6. The van der Waals surface area contributed by atoms with E-state index in [0.717, 1.165) is 44.6 Å². The third-order valence-electron chi connectivity index (χ3n) is 5.93. The smallest absolute Gasteiger partial charge is 0.407 e. The predicted molar refractivity (Wildman–Crippen MR) is 130 cm³/mol. The van der Waals surface area contributed by atoms with Crippen LogP contribution < -0.4 is 20.9 Å². The van der Waals surface area contributed by atoms with E-state index < -0.39 is 11.7 Å². The average Bonchev–Trinajstić information content (AvgIpc) is 3.25. The molecule has 0 radical (unpaired) electrons. The molecular weight excluding hydrogens is 436 g/mol. The topological polar surface area (TPSA) is 116 Å². The number of anilines is 1. The zero-order chi connectivity index (χ0) is 24.6. The SMILES string of the molecule is CC(C)(C)OC(=O)NCCC(=O)NCC1CCCCN1C(=O)NC1CCN(c2ccccn2)C1. The Balaban J connectivity index is 1.40. The van der Waals surface area contributed by atoms with E-state index >= 15 is 0 Å². The van der Waals surface area contributed by atoms with E-state index in [9.17, 15) is 14.4 Å². The summed E-state index contributed by atoms with van der Waals surface area (Å²) in [7, 11) is 0.